The summed E-state index contributed by atoms with van der Waals surface area (Å²) in [4.78, 5) is 12.9. The number of carbonyl (C=O) groups is 1. The fourth-order valence-corrected chi connectivity index (χ4v) is 7.85. The van der Waals surface area contributed by atoms with Gasteiger partial charge >= 0.3 is 0 Å². The average molecular weight is 489 g/mol. The highest BCUT2D eigenvalue weighted by Crippen LogP contribution is 2.66. The molecule has 0 saturated heterocycles. The lowest BCUT2D eigenvalue weighted by molar-refractivity contribution is -0.112. The lowest BCUT2D eigenvalue weighted by Crippen LogP contribution is -2.55. The topological polar surface area (TPSA) is 62.1 Å². The summed E-state index contributed by atoms with van der Waals surface area (Å²) in [6, 6.07) is 28.9. The Balaban J connectivity index is 1.21. The largest absolute Gasteiger partial charge is 0.497 e. The third-order valence-corrected chi connectivity index (χ3v) is 8.99. The van der Waals surface area contributed by atoms with Crippen molar-refractivity contribution in [2.45, 2.75) is 49.4 Å². The van der Waals surface area contributed by atoms with Crippen LogP contribution in [-0.2, 0) is 15.6 Å². The highest BCUT2D eigenvalue weighted by Gasteiger charge is 2.58. The Morgan fingerprint density at radius 1 is 0.892 bits per heavy atom. The molecule has 37 heavy (non-hydrogen) atoms. The Hall–Kier alpha value is -3.84. The molecule has 3 aromatic carbocycles. The van der Waals surface area contributed by atoms with Crippen molar-refractivity contribution in [2.75, 3.05) is 12.4 Å². The molecule has 7 rings (SSSR count). The molecule has 4 aliphatic carbocycles. The Bertz CT molecular complexity index is 1350. The van der Waals surface area contributed by atoms with E-state index in [9.17, 15) is 10.1 Å². The lowest BCUT2D eigenvalue weighted by Gasteiger charge is -2.62. The quantitative estimate of drug-likeness (QED) is 0.299. The number of anilines is 1. The fraction of sp³-hybridized carbons (Fsp3) is 0.333. The van der Waals surface area contributed by atoms with Gasteiger partial charge in [0.1, 0.15) is 17.4 Å². The number of hydrogen-bond donors (Lipinski definition) is 1. The second-order valence-corrected chi connectivity index (χ2v) is 11.4. The molecule has 3 aromatic rings. The van der Waals surface area contributed by atoms with Gasteiger partial charge in [-0.1, -0.05) is 54.6 Å². The molecule has 4 nitrogen and oxygen atoms in total. The molecule has 0 heterocycles. The van der Waals surface area contributed by atoms with E-state index in [1.807, 2.05) is 42.5 Å². The van der Waals surface area contributed by atoms with Gasteiger partial charge < -0.3 is 10.1 Å². The fourth-order valence-electron chi connectivity index (χ4n) is 7.85. The van der Waals surface area contributed by atoms with Gasteiger partial charge in [0.15, 0.2) is 0 Å². The maximum absolute atomic E-state index is 12.9. The minimum atomic E-state index is -0.399. The van der Waals surface area contributed by atoms with Gasteiger partial charge in [-0.2, -0.15) is 5.26 Å². The minimum absolute atomic E-state index is 0.0696. The maximum atomic E-state index is 12.9. The average Bonchev–Trinajstić information content (AvgIpc) is 2.92. The zero-order chi connectivity index (χ0) is 25.5. The van der Waals surface area contributed by atoms with Gasteiger partial charge in [0.2, 0.25) is 0 Å². The van der Waals surface area contributed by atoms with Crippen LogP contribution in [-0.4, -0.2) is 13.0 Å². The van der Waals surface area contributed by atoms with E-state index in [1.165, 1.54) is 49.7 Å². The molecule has 4 aliphatic rings. The minimum Gasteiger partial charge on any atom is -0.497 e. The van der Waals surface area contributed by atoms with Crippen molar-refractivity contribution in [3.63, 3.8) is 0 Å². The normalized spacial score (nSPS) is 27.9. The molecule has 2 unspecified atom stereocenters. The number of hydrogen-bond acceptors (Lipinski definition) is 3. The predicted molar refractivity (Wildman–Crippen MR) is 146 cm³/mol. The van der Waals surface area contributed by atoms with Crippen LogP contribution in [0, 0.1) is 23.2 Å². The molecular formula is C33H32N2O2. The third-order valence-electron chi connectivity index (χ3n) is 8.99. The van der Waals surface area contributed by atoms with E-state index in [1.54, 1.807) is 13.2 Å². The summed E-state index contributed by atoms with van der Waals surface area (Å²) in [5.74, 6) is 1.92. The summed E-state index contributed by atoms with van der Waals surface area (Å²) in [5, 5.41) is 12.5. The second-order valence-electron chi connectivity index (χ2n) is 11.4. The first-order chi connectivity index (χ1) is 18.0. The van der Waals surface area contributed by atoms with Gasteiger partial charge in [0, 0.05) is 5.69 Å². The Labute approximate surface area is 219 Å². The molecule has 1 N–H and O–H groups in total. The van der Waals surface area contributed by atoms with Crippen LogP contribution < -0.4 is 10.1 Å². The van der Waals surface area contributed by atoms with Crippen molar-refractivity contribution < 1.29 is 9.53 Å². The van der Waals surface area contributed by atoms with Gasteiger partial charge in [-0.05, 0) is 108 Å². The molecule has 4 fully saturated rings. The first-order valence-electron chi connectivity index (χ1n) is 13.2. The number of carbonyl (C=O) groups excluding carboxylic acids is 1. The van der Waals surface area contributed by atoms with Crippen LogP contribution >= 0.6 is 0 Å². The monoisotopic (exact) mass is 488 g/mol. The SMILES string of the molecule is COc1ccc(/C=C(\C#N)C(=O)Nc2ccc(C34CC5CC(CC(c6ccccc6)(C5)C3)C4)cc2)cc1. The highest BCUT2D eigenvalue weighted by molar-refractivity contribution is 6.09. The van der Waals surface area contributed by atoms with E-state index < -0.39 is 5.91 Å². The number of ether oxygens (including phenoxy) is 1. The Morgan fingerprint density at radius 2 is 1.49 bits per heavy atom. The standard InChI is InChI=1S/C33H32N2O2/c1-37-30-13-7-23(8-14-30)16-26(21-34)31(36)35-29-11-9-28(10-12-29)33-19-24-15-25(20-33)18-32(17-24,22-33)27-5-3-2-4-6-27/h2-14,16,24-25H,15,17-20,22H2,1H3,(H,35,36)/b26-16+. The molecule has 1 amide bonds. The first kappa shape index (κ1) is 23.6. The van der Waals surface area contributed by atoms with Crippen LogP contribution in [0.15, 0.2) is 84.4 Å². The van der Waals surface area contributed by atoms with E-state index in [4.69, 9.17) is 4.74 Å². The van der Waals surface area contributed by atoms with E-state index in [0.717, 1.165) is 23.1 Å². The van der Waals surface area contributed by atoms with Crippen molar-refractivity contribution in [1.82, 2.24) is 0 Å². The van der Waals surface area contributed by atoms with Crippen LogP contribution in [0.5, 0.6) is 5.75 Å². The first-order valence-corrected chi connectivity index (χ1v) is 13.2. The number of nitrogens with zero attached hydrogens (tertiary/aromatic N) is 1. The molecule has 4 saturated carbocycles. The molecule has 4 bridgehead atoms. The molecule has 186 valence electrons. The number of rotatable bonds is 6. The van der Waals surface area contributed by atoms with E-state index in [-0.39, 0.29) is 11.0 Å². The molecular weight excluding hydrogens is 456 g/mol. The van der Waals surface area contributed by atoms with Crippen molar-refractivity contribution in [2.24, 2.45) is 11.8 Å². The highest BCUT2D eigenvalue weighted by atomic mass is 16.5. The summed E-state index contributed by atoms with van der Waals surface area (Å²) in [6.45, 7) is 0. The number of nitriles is 1. The van der Waals surface area contributed by atoms with Gasteiger partial charge in [-0.3, -0.25) is 4.79 Å². The summed E-state index contributed by atoms with van der Waals surface area (Å²) < 4.78 is 5.18. The van der Waals surface area contributed by atoms with Gasteiger partial charge in [-0.25, -0.2) is 0 Å². The zero-order valence-electron chi connectivity index (χ0n) is 21.2. The van der Waals surface area contributed by atoms with E-state index in [2.05, 4.69) is 47.8 Å². The molecule has 4 heteroatoms. The number of nitrogens with one attached hydrogen (secondary N) is 1. The molecule has 2 atom stereocenters. The summed E-state index contributed by atoms with van der Waals surface area (Å²) >= 11 is 0. The molecule has 0 aliphatic heterocycles. The van der Waals surface area contributed by atoms with Gasteiger partial charge in [0.25, 0.3) is 5.91 Å². The second kappa shape index (κ2) is 9.23. The van der Waals surface area contributed by atoms with E-state index in [0.29, 0.717) is 11.1 Å². The third kappa shape index (κ3) is 4.33. The predicted octanol–water partition coefficient (Wildman–Crippen LogP) is 7.03. The summed E-state index contributed by atoms with van der Waals surface area (Å²) in [6.07, 6.45) is 9.37. The Kier molecular flexibility index (Phi) is 5.88. The van der Waals surface area contributed by atoms with Crippen LogP contribution in [0.2, 0.25) is 0 Å². The molecule has 0 radical (unpaired) electrons. The van der Waals surface area contributed by atoms with Crippen LogP contribution in [0.4, 0.5) is 5.69 Å². The van der Waals surface area contributed by atoms with Crippen LogP contribution in [0.1, 0.15) is 55.2 Å². The lowest BCUT2D eigenvalue weighted by atomic mass is 9.42. The Morgan fingerprint density at radius 3 is 2.05 bits per heavy atom. The van der Waals surface area contributed by atoms with Crippen molar-refractivity contribution in [3.8, 4) is 11.8 Å². The van der Waals surface area contributed by atoms with Crippen molar-refractivity contribution >= 4 is 17.7 Å². The smallest absolute Gasteiger partial charge is 0.266 e. The zero-order valence-corrected chi connectivity index (χ0v) is 21.2. The van der Waals surface area contributed by atoms with Crippen LogP contribution in [0.25, 0.3) is 6.08 Å². The molecule has 0 aromatic heterocycles. The number of amides is 1. The number of benzene rings is 3. The molecule has 0 spiro atoms. The van der Waals surface area contributed by atoms with E-state index >= 15 is 0 Å². The number of methoxy groups -OCH3 is 1. The van der Waals surface area contributed by atoms with Gasteiger partial charge in [-0.15, -0.1) is 0 Å². The summed E-state index contributed by atoms with van der Waals surface area (Å²) in [7, 11) is 1.61. The van der Waals surface area contributed by atoms with Crippen molar-refractivity contribution in [3.05, 3.63) is 101 Å². The van der Waals surface area contributed by atoms with Crippen LogP contribution in [0.3, 0.4) is 0 Å². The maximum Gasteiger partial charge on any atom is 0.266 e. The van der Waals surface area contributed by atoms with Gasteiger partial charge in [0.05, 0.1) is 7.11 Å². The van der Waals surface area contributed by atoms with Crippen molar-refractivity contribution in [1.29, 1.82) is 5.26 Å². The summed E-state index contributed by atoms with van der Waals surface area (Å²) in [5.41, 5.74) is 4.99.